The Bertz CT molecular complexity index is 1100. The summed E-state index contributed by atoms with van der Waals surface area (Å²) in [5.74, 6) is 0.928. The predicted octanol–water partition coefficient (Wildman–Crippen LogP) is 4.39. The lowest BCUT2D eigenvalue weighted by atomic mass is 10.0. The van der Waals surface area contributed by atoms with Crippen molar-refractivity contribution in [3.8, 4) is 17.2 Å². The van der Waals surface area contributed by atoms with Crippen LogP contribution in [-0.4, -0.2) is 37.0 Å². The van der Waals surface area contributed by atoms with Crippen molar-refractivity contribution in [1.82, 2.24) is 4.98 Å². The molecule has 3 aromatic rings. The highest BCUT2D eigenvalue weighted by Crippen LogP contribution is 2.38. The molecule has 2 aromatic carbocycles. The first-order chi connectivity index (χ1) is 13.9. The Balaban J connectivity index is 2.02. The van der Waals surface area contributed by atoms with Gasteiger partial charge < -0.3 is 19.2 Å². The summed E-state index contributed by atoms with van der Waals surface area (Å²) in [6, 6.07) is 7.72. The number of rotatable bonds is 7. The normalized spacial score (nSPS) is 11.4. The Hall–Kier alpha value is -3.81. The molecule has 8 heteroatoms. The second-order valence-electron chi connectivity index (χ2n) is 6.30. The SMILES string of the molecule is COc1cc(C(=O)C(C)=Cc2c[nH]c3ccc([N+](=O)[O-])cc23)cc(OC)c1OC. The van der Waals surface area contributed by atoms with Crippen LogP contribution in [0.25, 0.3) is 17.0 Å². The summed E-state index contributed by atoms with van der Waals surface area (Å²) >= 11 is 0. The summed E-state index contributed by atoms with van der Waals surface area (Å²) < 4.78 is 15.9. The van der Waals surface area contributed by atoms with Gasteiger partial charge in [0.2, 0.25) is 5.75 Å². The molecular weight excluding hydrogens is 376 g/mol. The van der Waals surface area contributed by atoms with Gasteiger partial charge >= 0.3 is 0 Å². The second-order valence-corrected chi connectivity index (χ2v) is 6.30. The van der Waals surface area contributed by atoms with Gasteiger partial charge in [-0.1, -0.05) is 0 Å². The molecule has 8 nitrogen and oxygen atoms in total. The smallest absolute Gasteiger partial charge is 0.270 e. The molecule has 1 N–H and O–H groups in total. The highest BCUT2D eigenvalue weighted by atomic mass is 16.6. The van der Waals surface area contributed by atoms with Gasteiger partial charge in [-0.05, 0) is 36.8 Å². The molecule has 150 valence electrons. The summed E-state index contributed by atoms with van der Waals surface area (Å²) in [5, 5.41) is 11.7. The van der Waals surface area contributed by atoms with Crippen LogP contribution >= 0.6 is 0 Å². The zero-order valence-electron chi connectivity index (χ0n) is 16.4. The fraction of sp³-hybridized carbons (Fsp3) is 0.190. The van der Waals surface area contributed by atoms with Crippen LogP contribution in [0.15, 0.2) is 42.1 Å². The van der Waals surface area contributed by atoms with Crippen molar-refractivity contribution in [2.45, 2.75) is 6.92 Å². The van der Waals surface area contributed by atoms with E-state index in [0.717, 1.165) is 5.52 Å². The summed E-state index contributed by atoms with van der Waals surface area (Å²) in [6.07, 6.45) is 3.40. The summed E-state index contributed by atoms with van der Waals surface area (Å²) in [6.45, 7) is 1.68. The number of methoxy groups -OCH3 is 3. The number of ketones is 1. The highest BCUT2D eigenvalue weighted by Gasteiger charge is 2.18. The molecular formula is C21H20N2O6. The number of allylic oxidation sites excluding steroid dienone is 1. The van der Waals surface area contributed by atoms with E-state index in [2.05, 4.69) is 4.98 Å². The molecule has 0 aliphatic carbocycles. The quantitative estimate of drug-likeness (QED) is 0.275. The molecule has 0 aliphatic rings. The molecule has 0 amide bonds. The van der Waals surface area contributed by atoms with Crippen LogP contribution in [-0.2, 0) is 0 Å². The van der Waals surface area contributed by atoms with Crippen LogP contribution < -0.4 is 14.2 Å². The number of nitrogens with one attached hydrogen (secondary N) is 1. The lowest BCUT2D eigenvalue weighted by Crippen LogP contribution is -2.03. The molecule has 0 radical (unpaired) electrons. The fourth-order valence-electron chi connectivity index (χ4n) is 3.10. The lowest BCUT2D eigenvalue weighted by Gasteiger charge is -2.13. The first-order valence-electron chi connectivity index (χ1n) is 8.68. The van der Waals surface area contributed by atoms with E-state index in [1.165, 1.54) is 33.5 Å². The van der Waals surface area contributed by atoms with Crippen molar-refractivity contribution in [3.05, 3.63) is 63.3 Å². The highest BCUT2D eigenvalue weighted by molar-refractivity contribution is 6.12. The number of carbonyl (C=O) groups is 1. The Labute approximate surface area is 166 Å². The van der Waals surface area contributed by atoms with E-state index in [-0.39, 0.29) is 11.5 Å². The minimum absolute atomic E-state index is 0.0136. The molecule has 0 aliphatic heterocycles. The Morgan fingerprint density at radius 1 is 1.07 bits per heavy atom. The maximum Gasteiger partial charge on any atom is 0.270 e. The van der Waals surface area contributed by atoms with Crippen LogP contribution in [0.2, 0.25) is 0 Å². The van der Waals surface area contributed by atoms with Crippen molar-refractivity contribution in [2.24, 2.45) is 0 Å². The number of ether oxygens (including phenoxy) is 3. The van der Waals surface area contributed by atoms with Crippen molar-refractivity contribution in [1.29, 1.82) is 0 Å². The third-order valence-corrected chi connectivity index (χ3v) is 4.57. The molecule has 0 fully saturated rings. The largest absolute Gasteiger partial charge is 0.493 e. The number of aromatic amines is 1. The molecule has 29 heavy (non-hydrogen) atoms. The van der Waals surface area contributed by atoms with E-state index in [4.69, 9.17) is 14.2 Å². The number of nitrogens with zero attached hydrogens (tertiary/aromatic N) is 1. The zero-order valence-corrected chi connectivity index (χ0v) is 16.4. The van der Waals surface area contributed by atoms with Gasteiger partial charge in [0.1, 0.15) is 0 Å². The van der Waals surface area contributed by atoms with Gasteiger partial charge in [0.25, 0.3) is 5.69 Å². The number of carbonyl (C=O) groups excluding carboxylic acids is 1. The zero-order chi connectivity index (χ0) is 21.1. The number of nitro groups is 1. The molecule has 0 saturated carbocycles. The number of H-pyrrole nitrogens is 1. The van der Waals surface area contributed by atoms with Crippen molar-refractivity contribution in [3.63, 3.8) is 0 Å². The summed E-state index contributed by atoms with van der Waals surface area (Å²) in [5.41, 5.74) is 2.24. The fourth-order valence-corrected chi connectivity index (χ4v) is 3.10. The molecule has 0 saturated heterocycles. The van der Waals surface area contributed by atoms with Crippen LogP contribution in [0.4, 0.5) is 5.69 Å². The summed E-state index contributed by atoms with van der Waals surface area (Å²) in [4.78, 5) is 26.6. The Kier molecular flexibility index (Phi) is 5.54. The molecule has 0 atom stereocenters. The number of benzene rings is 2. The number of nitro benzene ring substituents is 1. The van der Waals surface area contributed by atoms with Gasteiger partial charge in [-0.3, -0.25) is 14.9 Å². The molecule has 1 heterocycles. The Morgan fingerprint density at radius 2 is 1.72 bits per heavy atom. The summed E-state index contributed by atoms with van der Waals surface area (Å²) in [7, 11) is 4.45. The molecule has 0 bridgehead atoms. The number of fused-ring (bicyclic) bond motifs is 1. The van der Waals surface area contributed by atoms with Gasteiger partial charge in [0.15, 0.2) is 17.3 Å². The van der Waals surface area contributed by atoms with E-state index in [1.807, 2.05) is 0 Å². The average Bonchev–Trinajstić information content (AvgIpc) is 3.13. The van der Waals surface area contributed by atoms with Crippen molar-refractivity contribution in [2.75, 3.05) is 21.3 Å². The van der Waals surface area contributed by atoms with Crippen LogP contribution in [0, 0.1) is 10.1 Å². The van der Waals surface area contributed by atoms with E-state index in [9.17, 15) is 14.9 Å². The lowest BCUT2D eigenvalue weighted by molar-refractivity contribution is -0.384. The molecule has 0 unspecified atom stereocenters. The number of non-ortho nitro benzene ring substituents is 1. The topological polar surface area (TPSA) is 104 Å². The van der Waals surface area contributed by atoms with Gasteiger partial charge in [-0.25, -0.2) is 0 Å². The van der Waals surface area contributed by atoms with Gasteiger partial charge in [0, 0.05) is 40.4 Å². The van der Waals surface area contributed by atoms with E-state index < -0.39 is 4.92 Å². The average molecular weight is 396 g/mol. The number of aromatic nitrogens is 1. The van der Waals surface area contributed by atoms with Crippen LogP contribution in [0.5, 0.6) is 17.2 Å². The molecule has 3 rings (SSSR count). The van der Waals surface area contributed by atoms with Gasteiger partial charge in [-0.15, -0.1) is 0 Å². The Morgan fingerprint density at radius 3 is 2.28 bits per heavy atom. The maximum atomic E-state index is 13.0. The number of Topliss-reactive ketones (excluding diaryl/α,β-unsaturated/α-hetero) is 1. The van der Waals surface area contributed by atoms with Crippen molar-refractivity contribution < 1.29 is 23.9 Å². The van der Waals surface area contributed by atoms with Crippen LogP contribution in [0.3, 0.4) is 0 Å². The van der Waals surface area contributed by atoms with Gasteiger partial charge in [-0.2, -0.15) is 0 Å². The first-order valence-corrected chi connectivity index (χ1v) is 8.68. The minimum atomic E-state index is -0.451. The van der Waals surface area contributed by atoms with E-state index >= 15 is 0 Å². The third kappa shape index (κ3) is 3.77. The first kappa shape index (κ1) is 19.9. The van der Waals surface area contributed by atoms with E-state index in [0.29, 0.717) is 39.3 Å². The number of hydrogen-bond donors (Lipinski definition) is 1. The van der Waals surface area contributed by atoms with E-state index in [1.54, 1.807) is 37.4 Å². The number of hydrogen-bond acceptors (Lipinski definition) is 6. The maximum absolute atomic E-state index is 13.0. The minimum Gasteiger partial charge on any atom is -0.493 e. The van der Waals surface area contributed by atoms with Crippen LogP contribution in [0.1, 0.15) is 22.8 Å². The second kappa shape index (κ2) is 8.05. The molecule has 1 aromatic heterocycles. The predicted molar refractivity (Wildman–Crippen MR) is 109 cm³/mol. The molecule has 0 spiro atoms. The van der Waals surface area contributed by atoms with Gasteiger partial charge in [0.05, 0.1) is 26.3 Å². The standard InChI is InChI=1S/C21H20N2O6/c1-12(7-14-11-22-17-6-5-15(23(25)26)10-16(14)17)20(24)13-8-18(27-2)21(29-4)19(9-13)28-3/h5-11,22H,1-4H3. The third-order valence-electron chi connectivity index (χ3n) is 4.57. The monoisotopic (exact) mass is 396 g/mol. The van der Waals surface area contributed by atoms with Crippen molar-refractivity contribution >= 4 is 28.4 Å².